The molecule has 0 saturated carbocycles. The first kappa shape index (κ1) is 21.1. The number of hydrogen-bond acceptors (Lipinski definition) is 6. The summed E-state index contributed by atoms with van der Waals surface area (Å²) in [6, 6.07) is 0.488. The minimum absolute atomic E-state index is 0.0425. The van der Waals surface area contributed by atoms with Gasteiger partial charge in [0, 0.05) is 65.4 Å². The predicted octanol–water partition coefficient (Wildman–Crippen LogP) is 1.49. The van der Waals surface area contributed by atoms with E-state index in [1.54, 1.807) is 18.4 Å². The largest absolute Gasteiger partial charge is 0.375 e. The standard InChI is InChI=1S/C18H34N6OS/c1-14(24-9-7-22(4)8-10-24)11-20-18(19-3)23(5)12-16-13-26-17(21-16)15(2)25-6/h13-15H,7-12H2,1-6H3,(H,19,20). The van der Waals surface area contributed by atoms with Gasteiger partial charge in [0.1, 0.15) is 11.1 Å². The van der Waals surface area contributed by atoms with E-state index in [9.17, 15) is 0 Å². The molecule has 0 aromatic carbocycles. The van der Waals surface area contributed by atoms with Crippen molar-refractivity contribution >= 4 is 17.3 Å². The lowest BCUT2D eigenvalue weighted by Gasteiger charge is -2.37. The van der Waals surface area contributed by atoms with Crippen molar-refractivity contribution in [2.75, 3.05) is 61.0 Å². The van der Waals surface area contributed by atoms with Crippen molar-refractivity contribution < 1.29 is 4.74 Å². The molecule has 0 radical (unpaired) electrons. The van der Waals surface area contributed by atoms with Crippen LogP contribution in [-0.4, -0.2) is 92.7 Å². The van der Waals surface area contributed by atoms with Gasteiger partial charge in [0.15, 0.2) is 5.96 Å². The van der Waals surface area contributed by atoms with Gasteiger partial charge in [0.25, 0.3) is 0 Å². The fourth-order valence-corrected chi connectivity index (χ4v) is 3.86. The van der Waals surface area contributed by atoms with E-state index in [1.165, 1.54) is 0 Å². The van der Waals surface area contributed by atoms with E-state index in [1.807, 2.05) is 14.0 Å². The van der Waals surface area contributed by atoms with Crippen molar-refractivity contribution in [1.29, 1.82) is 0 Å². The number of nitrogens with one attached hydrogen (secondary N) is 1. The Labute approximate surface area is 162 Å². The first-order valence-electron chi connectivity index (χ1n) is 9.26. The Morgan fingerprint density at radius 2 is 2.08 bits per heavy atom. The van der Waals surface area contributed by atoms with Crippen LogP contribution in [-0.2, 0) is 11.3 Å². The van der Waals surface area contributed by atoms with Crippen molar-refractivity contribution in [2.45, 2.75) is 32.5 Å². The molecule has 26 heavy (non-hydrogen) atoms. The fraction of sp³-hybridized carbons (Fsp3) is 0.778. The Morgan fingerprint density at radius 1 is 1.38 bits per heavy atom. The zero-order chi connectivity index (χ0) is 19.1. The lowest BCUT2D eigenvalue weighted by Crippen LogP contribution is -2.52. The maximum absolute atomic E-state index is 5.34. The molecule has 1 aliphatic rings. The summed E-state index contributed by atoms with van der Waals surface area (Å²) in [5.74, 6) is 0.903. The zero-order valence-electron chi connectivity index (χ0n) is 17.0. The van der Waals surface area contributed by atoms with Gasteiger partial charge in [-0.1, -0.05) is 0 Å². The van der Waals surface area contributed by atoms with Crippen LogP contribution in [0.5, 0.6) is 0 Å². The normalized spacial score (nSPS) is 19.4. The molecule has 7 nitrogen and oxygen atoms in total. The molecule has 148 valence electrons. The van der Waals surface area contributed by atoms with Crippen LogP contribution in [0.4, 0.5) is 0 Å². The number of nitrogens with zero attached hydrogens (tertiary/aromatic N) is 5. The minimum Gasteiger partial charge on any atom is -0.375 e. The molecule has 1 saturated heterocycles. The van der Waals surface area contributed by atoms with Crippen molar-refractivity contribution in [2.24, 2.45) is 4.99 Å². The van der Waals surface area contributed by atoms with E-state index < -0.39 is 0 Å². The van der Waals surface area contributed by atoms with Gasteiger partial charge in [-0.25, -0.2) is 4.98 Å². The third kappa shape index (κ3) is 5.90. The van der Waals surface area contributed by atoms with Crippen LogP contribution in [0.1, 0.15) is 30.7 Å². The van der Waals surface area contributed by atoms with Crippen molar-refractivity contribution in [3.8, 4) is 0 Å². The molecule has 1 aromatic heterocycles. The Kier molecular flexibility index (Phi) is 8.27. The van der Waals surface area contributed by atoms with Gasteiger partial charge in [0.05, 0.1) is 12.2 Å². The predicted molar refractivity (Wildman–Crippen MR) is 109 cm³/mol. The molecule has 2 atom stereocenters. The summed E-state index contributed by atoms with van der Waals surface area (Å²) in [5, 5.41) is 6.62. The summed E-state index contributed by atoms with van der Waals surface area (Å²) < 4.78 is 5.34. The summed E-state index contributed by atoms with van der Waals surface area (Å²) in [6.07, 6.45) is 0.0425. The average Bonchev–Trinajstić information content (AvgIpc) is 3.10. The zero-order valence-corrected chi connectivity index (χ0v) is 17.8. The number of piperazine rings is 1. The highest BCUT2D eigenvalue weighted by Crippen LogP contribution is 2.20. The summed E-state index contributed by atoms with van der Waals surface area (Å²) in [5.41, 5.74) is 1.05. The highest BCUT2D eigenvalue weighted by molar-refractivity contribution is 7.09. The van der Waals surface area contributed by atoms with E-state index >= 15 is 0 Å². The van der Waals surface area contributed by atoms with Gasteiger partial charge in [-0.05, 0) is 20.9 Å². The van der Waals surface area contributed by atoms with Gasteiger partial charge < -0.3 is 19.9 Å². The van der Waals surface area contributed by atoms with E-state index in [0.717, 1.165) is 55.9 Å². The number of rotatable bonds is 7. The molecule has 8 heteroatoms. The number of guanidine groups is 1. The maximum atomic E-state index is 5.34. The molecule has 1 fully saturated rings. The number of thiazole rings is 1. The summed E-state index contributed by atoms with van der Waals surface area (Å²) >= 11 is 1.65. The molecule has 2 heterocycles. The SMILES string of the molecule is CN=C(NCC(C)N1CCN(C)CC1)N(C)Cc1csc(C(C)OC)n1. The summed E-state index contributed by atoms with van der Waals surface area (Å²) in [7, 11) is 7.78. The fourth-order valence-electron chi connectivity index (χ4n) is 3.02. The van der Waals surface area contributed by atoms with E-state index in [4.69, 9.17) is 4.74 Å². The topological polar surface area (TPSA) is 56.2 Å². The molecule has 0 amide bonds. The van der Waals surface area contributed by atoms with Crippen LogP contribution in [0.3, 0.4) is 0 Å². The number of hydrogen-bond donors (Lipinski definition) is 1. The summed E-state index contributed by atoms with van der Waals surface area (Å²) in [4.78, 5) is 16.1. The first-order valence-corrected chi connectivity index (χ1v) is 10.1. The summed E-state index contributed by atoms with van der Waals surface area (Å²) in [6.45, 7) is 10.5. The van der Waals surface area contributed by atoms with Crippen LogP contribution in [0.25, 0.3) is 0 Å². The van der Waals surface area contributed by atoms with Crippen LogP contribution < -0.4 is 5.32 Å². The Bertz CT molecular complexity index is 570. The molecular weight excluding hydrogens is 348 g/mol. The second-order valence-corrected chi connectivity index (χ2v) is 7.92. The van der Waals surface area contributed by atoms with Crippen molar-refractivity contribution in [3.05, 3.63) is 16.1 Å². The average molecular weight is 383 g/mol. The Hall–Kier alpha value is -1.22. The van der Waals surface area contributed by atoms with Gasteiger partial charge in [-0.2, -0.15) is 0 Å². The third-order valence-electron chi connectivity index (χ3n) is 4.96. The van der Waals surface area contributed by atoms with Crippen molar-refractivity contribution in [1.82, 2.24) is 25.0 Å². The molecular formula is C18H34N6OS. The Morgan fingerprint density at radius 3 is 2.69 bits per heavy atom. The lowest BCUT2D eigenvalue weighted by molar-refractivity contribution is 0.119. The molecule has 1 aromatic rings. The van der Waals surface area contributed by atoms with Gasteiger partial charge in [-0.3, -0.25) is 9.89 Å². The maximum Gasteiger partial charge on any atom is 0.193 e. The molecule has 0 aliphatic carbocycles. The molecule has 0 bridgehead atoms. The highest BCUT2D eigenvalue weighted by Gasteiger charge is 2.20. The van der Waals surface area contributed by atoms with Gasteiger partial charge in [0.2, 0.25) is 0 Å². The van der Waals surface area contributed by atoms with Crippen LogP contribution in [0.15, 0.2) is 10.4 Å². The van der Waals surface area contributed by atoms with Crippen LogP contribution in [0, 0.1) is 0 Å². The quantitative estimate of drug-likeness (QED) is 0.570. The molecule has 2 rings (SSSR count). The first-order chi connectivity index (χ1) is 12.4. The van der Waals surface area contributed by atoms with E-state index in [-0.39, 0.29) is 6.10 Å². The second-order valence-electron chi connectivity index (χ2n) is 7.03. The van der Waals surface area contributed by atoms with Gasteiger partial charge >= 0.3 is 0 Å². The van der Waals surface area contributed by atoms with Crippen molar-refractivity contribution in [3.63, 3.8) is 0 Å². The lowest BCUT2D eigenvalue weighted by atomic mass is 10.2. The van der Waals surface area contributed by atoms with E-state index in [2.05, 4.69) is 56.4 Å². The number of aromatic nitrogens is 1. The number of likely N-dealkylation sites (N-methyl/N-ethyl adjacent to an activating group) is 1. The molecule has 2 unspecified atom stereocenters. The number of aliphatic imine (C=N–C) groups is 1. The molecule has 0 spiro atoms. The highest BCUT2D eigenvalue weighted by atomic mass is 32.1. The smallest absolute Gasteiger partial charge is 0.193 e. The van der Waals surface area contributed by atoms with E-state index in [0.29, 0.717) is 6.04 Å². The second kappa shape index (κ2) is 10.2. The third-order valence-corrected chi connectivity index (χ3v) is 6.01. The van der Waals surface area contributed by atoms with Crippen LogP contribution in [0.2, 0.25) is 0 Å². The monoisotopic (exact) mass is 382 g/mol. The molecule has 1 aliphatic heterocycles. The minimum atomic E-state index is 0.0425. The van der Waals surface area contributed by atoms with Crippen LogP contribution >= 0.6 is 11.3 Å². The molecule has 1 N–H and O–H groups in total. The Balaban J connectivity index is 1.82. The van der Waals surface area contributed by atoms with Gasteiger partial charge in [-0.15, -0.1) is 11.3 Å². The number of ether oxygens (including phenoxy) is 1. The number of methoxy groups -OCH3 is 1.